The minimum Gasteiger partial charge on any atom is -0.323 e. The van der Waals surface area contributed by atoms with Gasteiger partial charge < -0.3 is 5.73 Å². The summed E-state index contributed by atoms with van der Waals surface area (Å²) >= 11 is 1.46. The van der Waals surface area contributed by atoms with E-state index in [-0.39, 0.29) is 5.82 Å². The molecule has 0 spiro atoms. The summed E-state index contributed by atoms with van der Waals surface area (Å²) in [6.45, 7) is 0. The van der Waals surface area contributed by atoms with Crippen molar-refractivity contribution in [1.29, 1.82) is 0 Å². The van der Waals surface area contributed by atoms with Gasteiger partial charge in [0, 0.05) is 28.5 Å². The van der Waals surface area contributed by atoms with E-state index in [0.717, 1.165) is 11.1 Å². The van der Waals surface area contributed by atoms with E-state index in [1.54, 1.807) is 18.2 Å². The van der Waals surface area contributed by atoms with Gasteiger partial charge in [-0.15, -0.1) is 11.8 Å². The van der Waals surface area contributed by atoms with Crippen LogP contribution >= 0.6 is 11.8 Å². The molecule has 2 N–H and O–H groups in total. The third-order valence-corrected chi connectivity index (χ3v) is 3.58. The summed E-state index contributed by atoms with van der Waals surface area (Å²) in [5.41, 5.74) is 6.35. The van der Waals surface area contributed by atoms with Gasteiger partial charge in [0.05, 0.1) is 6.20 Å². The van der Waals surface area contributed by atoms with E-state index in [1.807, 2.05) is 0 Å². The summed E-state index contributed by atoms with van der Waals surface area (Å²) in [7, 11) is 0. The van der Waals surface area contributed by atoms with Gasteiger partial charge in [0.1, 0.15) is 11.6 Å². The summed E-state index contributed by atoms with van der Waals surface area (Å²) in [6, 6.07) is 7.29. The van der Waals surface area contributed by atoms with Crippen LogP contribution in [-0.4, -0.2) is 10.7 Å². The topological polar surface area (TPSA) is 38.9 Å². The van der Waals surface area contributed by atoms with Crippen LogP contribution in [0.5, 0.6) is 0 Å². The standard InChI is InChI=1S/C13H12F2N2S/c14-9-1-3-10(4-2-9)18-8-13(16)11-5-6-17-7-12(11)15/h1-7,13H,8,16H2. The molecule has 1 unspecified atom stereocenters. The first-order chi connectivity index (χ1) is 8.66. The molecule has 0 saturated heterocycles. The third kappa shape index (κ3) is 3.27. The Labute approximate surface area is 108 Å². The highest BCUT2D eigenvalue weighted by Gasteiger charge is 2.11. The summed E-state index contributed by atoms with van der Waals surface area (Å²) in [4.78, 5) is 4.58. The van der Waals surface area contributed by atoms with E-state index < -0.39 is 11.9 Å². The SMILES string of the molecule is NC(CSc1ccc(F)cc1)c1ccncc1F. The summed E-state index contributed by atoms with van der Waals surface area (Å²) in [6.07, 6.45) is 2.67. The molecule has 94 valence electrons. The molecule has 0 bridgehead atoms. The lowest BCUT2D eigenvalue weighted by Gasteiger charge is -2.12. The molecule has 2 aromatic rings. The normalized spacial score (nSPS) is 12.4. The molecule has 5 heteroatoms. The van der Waals surface area contributed by atoms with E-state index in [4.69, 9.17) is 5.73 Å². The van der Waals surface area contributed by atoms with Gasteiger partial charge in [0.2, 0.25) is 0 Å². The number of rotatable bonds is 4. The lowest BCUT2D eigenvalue weighted by Crippen LogP contribution is -2.14. The van der Waals surface area contributed by atoms with Gasteiger partial charge in [-0.1, -0.05) is 0 Å². The Balaban J connectivity index is 1.98. The van der Waals surface area contributed by atoms with Crippen LogP contribution in [0, 0.1) is 11.6 Å². The molecule has 0 aliphatic rings. The van der Waals surface area contributed by atoms with Crippen molar-refractivity contribution in [1.82, 2.24) is 4.98 Å². The number of nitrogens with two attached hydrogens (primary N) is 1. The average molecular weight is 266 g/mol. The zero-order chi connectivity index (χ0) is 13.0. The molecule has 0 aliphatic heterocycles. The fraction of sp³-hybridized carbons (Fsp3) is 0.154. The number of aromatic nitrogens is 1. The molecule has 1 aromatic carbocycles. The molecular formula is C13H12F2N2S. The van der Waals surface area contributed by atoms with E-state index in [9.17, 15) is 8.78 Å². The van der Waals surface area contributed by atoms with Crippen LogP contribution in [0.15, 0.2) is 47.6 Å². The summed E-state index contributed by atoms with van der Waals surface area (Å²) in [5, 5.41) is 0. The van der Waals surface area contributed by atoms with Crippen LogP contribution in [0.3, 0.4) is 0 Å². The number of thioether (sulfide) groups is 1. The van der Waals surface area contributed by atoms with Crippen LogP contribution in [0.4, 0.5) is 8.78 Å². The molecule has 1 aromatic heterocycles. The van der Waals surface area contributed by atoms with Crippen LogP contribution in [-0.2, 0) is 0 Å². The van der Waals surface area contributed by atoms with Crippen LogP contribution in [0.1, 0.15) is 11.6 Å². The quantitative estimate of drug-likeness (QED) is 0.864. The van der Waals surface area contributed by atoms with Crippen LogP contribution < -0.4 is 5.73 Å². The zero-order valence-corrected chi connectivity index (χ0v) is 10.3. The number of benzene rings is 1. The smallest absolute Gasteiger partial charge is 0.146 e. The lowest BCUT2D eigenvalue weighted by molar-refractivity contribution is 0.589. The molecule has 0 amide bonds. The maximum absolute atomic E-state index is 13.4. The molecule has 18 heavy (non-hydrogen) atoms. The van der Waals surface area contributed by atoms with Crippen molar-refractivity contribution in [3.63, 3.8) is 0 Å². The van der Waals surface area contributed by atoms with Crippen molar-refractivity contribution in [3.05, 3.63) is 59.9 Å². The molecule has 2 nitrogen and oxygen atoms in total. The monoisotopic (exact) mass is 266 g/mol. The Morgan fingerprint density at radius 1 is 1.17 bits per heavy atom. The summed E-state index contributed by atoms with van der Waals surface area (Å²) in [5.74, 6) is -0.152. The van der Waals surface area contributed by atoms with Gasteiger partial charge in [-0.25, -0.2) is 8.78 Å². The van der Waals surface area contributed by atoms with Crippen molar-refractivity contribution in [3.8, 4) is 0 Å². The highest BCUT2D eigenvalue weighted by molar-refractivity contribution is 7.99. The first-order valence-electron chi connectivity index (χ1n) is 5.40. The van der Waals surface area contributed by atoms with Gasteiger partial charge in [-0.05, 0) is 30.3 Å². The van der Waals surface area contributed by atoms with E-state index >= 15 is 0 Å². The van der Waals surface area contributed by atoms with Gasteiger partial charge in [0.25, 0.3) is 0 Å². The predicted octanol–water partition coefficient (Wildman–Crippen LogP) is 3.15. The molecule has 1 heterocycles. The van der Waals surface area contributed by atoms with E-state index in [1.165, 1.54) is 30.1 Å². The van der Waals surface area contributed by atoms with Crippen LogP contribution in [0.2, 0.25) is 0 Å². The van der Waals surface area contributed by atoms with Crippen molar-refractivity contribution in [2.45, 2.75) is 10.9 Å². The Hall–Kier alpha value is -1.46. The maximum Gasteiger partial charge on any atom is 0.146 e. The van der Waals surface area contributed by atoms with E-state index in [2.05, 4.69) is 4.98 Å². The van der Waals surface area contributed by atoms with Crippen molar-refractivity contribution < 1.29 is 8.78 Å². The second-order valence-corrected chi connectivity index (χ2v) is 4.86. The van der Waals surface area contributed by atoms with Crippen molar-refractivity contribution in [2.24, 2.45) is 5.73 Å². The Morgan fingerprint density at radius 3 is 2.56 bits per heavy atom. The van der Waals surface area contributed by atoms with Crippen molar-refractivity contribution >= 4 is 11.8 Å². The fourth-order valence-corrected chi connectivity index (χ4v) is 2.37. The molecule has 2 rings (SSSR count). The fourth-order valence-electron chi connectivity index (χ4n) is 1.49. The zero-order valence-electron chi connectivity index (χ0n) is 9.51. The summed E-state index contributed by atoms with van der Waals surface area (Å²) < 4.78 is 26.1. The Bertz CT molecular complexity index is 517. The van der Waals surface area contributed by atoms with Gasteiger partial charge in [0.15, 0.2) is 0 Å². The lowest BCUT2D eigenvalue weighted by atomic mass is 10.1. The Morgan fingerprint density at radius 2 is 1.89 bits per heavy atom. The predicted molar refractivity (Wildman–Crippen MR) is 68.2 cm³/mol. The number of hydrogen-bond acceptors (Lipinski definition) is 3. The van der Waals surface area contributed by atoms with Gasteiger partial charge in [-0.3, -0.25) is 4.98 Å². The first kappa shape index (κ1) is 13.0. The molecular weight excluding hydrogens is 254 g/mol. The number of hydrogen-bond donors (Lipinski definition) is 1. The Kier molecular flexibility index (Phi) is 4.28. The molecule has 0 radical (unpaired) electrons. The first-order valence-corrected chi connectivity index (χ1v) is 6.39. The highest BCUT2D eigenvalue weighted by atomic mass is 32.2. The molecule has 0 saturated carbocycles. The average Bonchev–Trinajstić information content (AvgIpc) is 2.38. The third-order valence-electron chi connectivity index (χ3n) is 2.45. The molecule has 0 aliphatic carbocycles. The maximum atomic E-state index is 13.4. The highest BCUT2D eigenvalue weighted by Crippen LogP contribution is 2.24. The van der Waals surface area contributed by atoms with Gasteiger partial charge >= 0.3 is 0 Å². The largest absolute Gasteiger partial charge is 0.323 e. The molecule has 1 atom stereocenters. The second kappa shape index (κ2) is 5.93. The minimum atomic E-state index is -0.414. The second-order valence-electron chi connectivity index (χ2n) is 3.77. The van der Waals surface area contributed by atoms with Gasteiger partial charge in [-0.2, -0.15) is 0 Å². The number of halogens is 2. The van der Waals surface area contributed by atoms with Crippen molar-refractivity contribution in [2.75, 3.05) is 5.75 Å². The molecule has 0 fully saturated rings. The van der Waals surface area contributed by atoms with E-state index in [0.29, 0.717) is 11.3 Å². The van der Waals surface area contributed by atoms with Crippen LogP contribution in [0.25, 0.3) is 0 Å². The number of pyridine rings is 1. The number of nitrogens with zero attached hydrogens (tertiary/aromatic N) is 1. The minimum absolute atomic E-state index is 0.274.